The van der Waals surface area contributed by atoms with Crippen molar-refractivity contribution in [2.45, 2.75) is 13.1 Å². The third-order valence-electron chi connectivity index (χ3n) is 6.15. The van der Waals surface area contributed by atoms with Gasteiger partial charge in [-0.3, -0.25) is 4.98 Å². The minimum absolute atomic E-state index is 0.924. The van der Waals surface area contributed by atoms with Gasteiger partial charge in [0.25, 0.3) is 0 Å². The van der Waals surface area contributed by atoms with Gasteiger partial charge in [0.15, 0.2) is 0 Å². The molecule has 2 nitrogen and oxygen atoms in total. The highest BCUT2D eigenvalue weighted by atomic mass is 28.3. The number of para-hydroxylation sites is 1. The molecule has 0 spiro atoms. The molecule has 0 N–H and O–H groups in total. The van der Waals surface area contributed by atoms with Crippen LogP contribution < -0.4 is 10.4 Å². The molecule has 3 heterocycles. The smallest absolute Gasteiger partial charge is 0.144 e. The molecule has 134 valence electrons. The Hall–Kier alpha value is -3.17. The van der Waals surface area contributed by atoms with Gasteiger partial charge in [0.05, 0.1) is 5.69 Å². The zero-order chi connectivity index (χ0) is 18.9. The highest BCUT2D eigenvalue weighted by Crippen LogP contribution is 2.41. The molecule has 2 aromatic heterocycles. The van der Waals surface area contributed by atoms with E-state index in [9.17, 15) is 0 Å². The van der Waals surface area contributed by atoms with E-state index in [4.69, 9.17) is 4.42 Å². The second kappa shape index (κ2) is 5.43. The number of pyridine rings is 1. The lowest BCUT2D eigenvalue weighted by Gasteiger charge is -2.18. The molecule has 28 heavy (non-hydrogen) atoms. The first-order valence-electron chi connectivity index (χ1n) is 9.66. The second-order valence-electron chi connectivity index (χ2n) is 8.03. The Morgan fingerprint density at radius 1 is 0.679 bits per heavy atom. The maximum Gasteiger partial charge on any atom is 0.144 e. The molecular weight excluding hydrogens is 358 g/mol. The van der Waals surface area contributed by atoms with Crippen molar-refractivity contribution in [3.05, 3.63) is 79.0 Å². The molecule has 0 atom stereocenters. The van der Waals surface area contributed by atoms with Crippen molar-refractivity contribution in [3.63, 3.8) is 0 Å². The van der Waals surface area contributed by atoms with E-state index in [1.165, 1.54) is 26.9 Å². The van der Waals surface area contributed by atoms with Crippen molar-refractivity contribution in [2.24, 2.45) is 0 Å². The van der Waals surface area contributed by atoms with Crippen LogP contribution in [0.3, 0.4) is 0 Å². The maximum atomic E-state index is 6.61. The lowest BCUT2D eigenvalue weighted by atomic mass is 10.0. The molecule has 5 aromatic rings. The number of aromatic nitrogens is 1. The van der Waals surface area contributed by atoms with Crippen LogP contribution >= 0.6 is 0 Å². The van der Waals surface area contributed by atoms with Gasteiger partial charge in [-0.1, -0.05) is 67.7 Å². The fourth-order valence-corrected chi connectivity index (χ4v) is 7.82. The number of hydrogen-bond donors (Lipinski definition) is 0. The van der Waals surface area contributed by atoms with Gasteiger partial charge in [-0.15, -0.1) is 0 Å². The van der Waals surface area contributed by atoms with E-state index in [1.807, 2.05) is 24.4 Å². The molecular formula is C25H19NOSi. The highest BCUT2D eigenvalue weighted by Gasteiger charge is 2.39. The quantitative estimate of drug-likeness (QED) is 0.363. The standard InChI is InChI=1S/C25H19NOSi/c1-28(2)21-12-4-3-8-19(21)23-22(28)14-13-17-16-9-7-10-18(24(16)27-25(17)23)20-11-5-6-15-26-20/h3-15H,1-2H3. The van der Waals surface area contributed by atoms with Gasteiger partial charge >= 0.3 is 0 Å². The first kappa shape index (κ1) is 15.8. The van der Waals surface area contributed by atoms with Crippen molar-refractivity contribution >= 4 is 40.4 Å². The lowest BCUT2D eigenvalue weighted by Crippen LogP contribution is -2.49. The number of furan rings is 1. The minimum Gasteiger partial charge on any atom is -0.455 e. The van der Waals surface area contributed by atoms with Gasteiger partial charge in [0, 0.05) is 28.1 Å². The Bertz CT molecular complexity index is 1380. The largest absolute Gasteiger partial charge is 0.455 e. The molecule has 0 bridgehead atoms. The van der Waals surface area contributed by atoms with Gasteiger partial charge in [0.1, 0.15) is 19.2 Å². The molecule has 1 aliphatic rings. The summed E-state index contributed by atoms with van der Waals surface area (Å²) >= 11 is 0. The lowest BCUT2D eigenvalue weighted by molar-refractivity contribution is 0.671. The van der Waals surface area contributed by atoms with Crippen LogP contribution in [-0.4, -0.2) is 13.1 Å². The van der Waals surface area contributed by atoms with Gasteiger partial charge < -0.3 is 4.42 Å². The van der Waals surface area contributed by atoms with E-state index >= 15 is 0 Å². The van der Waals surface area contributed by atoms with Crippen molar-refractivity contribution in [1.29, 1.82) is 0 Å². The molecule has 0 amide bonds. The first-order valence-corrected chi connectivity index (χ1v) is 12.7. The van der Waals surface area contributed by atoms with Gasteiger partial charge in [-0.2, -0.15) is 0 Å². The fraction of sp³-hybridized carbons (Fsp3) is 0.0800. The topological polar surface area (TPSA) is 26.0 Å². The number of rotatable bonds is 1. The third-order valence-corrected chi connectivity index (χ3v) is 9.70. The number of fused-ring (bicyclic) bond motifs is 7. The van der Waals surface area contributed by atoms with Gasteiger partial charge in [0.2, 0.25) is 0 Å². The summed E-state index contributed by atoms with van der Waals surface area (Å²) < 4.78 is 6.61. The summed E-state index contributed by atoms with van der Waals surface area (Å²) in [4.78, 5) is 4.55. The summed E-state index contributed by atoms with van der Waals surface area (Å²) in [6, 6.07) is 25.8. The van der Waals surface area contributed by atoms with Crippen LogP contribution in [0.5, 0.6) is 0 Å². The molecule has 0 fully saturated rings. The zero-order valence-corrected chi connectivity index (χ0v) is 16.9. The zero-order valence-electron chi connectivity index (χ0n) is 15.9. The molecule has 0 aliphatic carbocycles. The third kappa shape index (κ3) is 1.94. The number of hydrogen-bond acceptors (Lipinski definition) is 2. The van der Waals surface area contributed by atoms with E-state index in [1.54, 1.807) is 0 Å². The van der Waals surface area contributed by atoms with Crippen LogP contribution in [0.2, 0.25) is 13.1 Å². The molecule has 0 saturated heterocycles. The normalized spacial score (nSPS) is 14.4. The summed E-state index contributed by atoms with van der Waals surface area (Å²) in [6.45, 7) is 4.87. The summed E-state index contributed by atoms with van der Waals surface area (Å²) in [7, 11) is -1.70. The van der Waals surface area contributed by atoms with Crippen molar-refractivity contribution in [1.82, 2.24) is 4.98 Å². The molecule has 3 heteroatoms. The van der Waals surface area contributed by atoms with E-state index < -0.39 is 8.07 Å². The van der Waals surface area contributed by atoms with E-state index in [-0.39, 0.29) is 0 Å². The van der Waals surface area contributed by atoms with Crippen LogP contribution in [0, 0.1) is 0 Å². The van der Waals surface area contributed by atoms with Crippen LogP contribution in [-0.2, 0) is 0 Å². The van der Waals surface area contributed by atoms with E-state index in [0.29, 0.717) is 0 Å². The molecule has 1 aliphatic heterocycles. The SMILES string of the molecule is C[Si]1(C)c2ccccc2-c2c1ccc1c2oc2c(-c3ccccn3)cccc21. The number of benzene rings is 3. The average molecular weight is 378 g/mol. The predicted molar refractivity (Wildman–Crippen MR) is 119 cm³/mol. The van der Waals surface area contributed by atoms with Crippen molar-refractivity contribution < 1.29 is 4.42 Å². The Kier molecular flexibility index (Phi) is 3.07. The monoisotopic (exact) mass is 377 g/mol. The van der Waals surface area contributed by atoms with Crippen LogP contribution in [0.15, 0.2) is 83.4 Å². The Morgan fingerprint density at radius 3 is 2.32 bits per heavy atom. The fourth-order valence-electron chi connectivity index (χ4n) is 4.77. The summed E-state index contributed by atoms with van der Waals surface area (Å²) in [5, 5.41) is 5.32. The molecule has 0 radical (unpaired) electrons. The molecule has 6 rings (SSSR count). The van der Waals surface area contributed by atoms with Crippen molar-refractivity contribution in [3.8, 4) is 22.4 Å². The Labute approximate surface area is 164 Å². The summed E-state index contributed by atoms with van der Waals surface area (Å²) in [6.07, 6.45) is 1.83. The minimum atomic E-state index is -1.70. The van der Waals surface area contributed by atoms with Crippen LogP contribution in [0.1, 0.15) is 0 Å². The maximum absolute atomic E-state index is 6.61. The van der Waals surface area contributed by atoms with E-state index in [2.05, 4.69) is 72.7 Å². The highest BCUT2D eigenvalue weighted by molar-refractivity contribution is 7.04. The first-order chi connectivity index (χ1) is 13.7. The average Bonchev–Trinajstić information content (AvgIpc) is 3.22. The van der Waals surface area contributed by atoms with E-state index in [0.717, 1.165) is 27.8 Å². The number of nitrogens with zero attached hydrogens (tertiary/aromatic N) is 1. The summed E-state index contributed by atoms with van der Waals surface area (Å²) in [5.74, 6) is 0. The van der Waals surface area contributed by atoms with Crippen molar-refractivity contribution in [2.75, 3.05) is 0 Å². The summed E-state index contributed by atoms with van der Waals surface area (Å²) in [5.41, 5.74) is 6.57. The molecule has 3 aromatic carbocycles. The van der Waals surface area contributed by atoms with Crippen LogP contribution in [0.4, 0.5) is 0 Å². The predicted octanol–water partition coefficient (Wildman–Crippen LogP) is 5.45. The van der Waals surface area contributed by atoms with Gasteiger partial charge in [-0.05, 0) is 34.1 Å². The Balaban J connectivity index is 1.75. The van der Waals surface area contributed by atoms with Crippen LogP contribution in [0.25, 0.3) is 44.3 Å². The Morgan fingerprint density at radius 2 is 1.46 bits per heavy atom. The molecule has 0 unspecified atom stereocenters. The van der Waals surface area contributed by atoms with Gasteiger partial charge in [-0.25, -0.2) is 0 Å². The second-order valence-corrected chi connectivity index (χ2v) is 12.4. The molecule has 0 saturated carbocycles.